The van der Waals surface area contributed by atoms with Crippen molar-refractivity contribution in [2.24, 2.45) is 0 Å². The first-order valence-corrected chi connectivity index (χ1v) is 10.5. The summed E-state index contributed by atoms with van der Waals surface area (Å²) in [5, 5.41) is 4.60. The monoisotopic (exact) mass is 389 g/mol. The maximum absolute atomic E-state index is 5.77. The third-order valence-corrected chi connectivity index (χ3v) is 5.80. The van der Waals surface area contributed by atoms with Crippen molar-refractivity contribution in [2.45, 2.75) is 18.9 Å². The predicted octanol–water partition coefficient (Wildman–Crippen LogP) is 3.55. The van der Waals surface area contributed by atoms with Gasteiger partial charge in [0.25, 0.3) is 0 Å². The third-order valence-electron chi connectivity index (χ3n) is 5.80. The van der Waals surface area contributed by atoms with Gasteiger partial charge in [0.1, 0.15) is 5.82 Å². The number of hydrogen-bond acceptors (Lipinski definition) is 6. The number of benzene rings is 2. The first kappa shape index (κ1) is 18.2. The molecular formula is C23H27N5O. The van der Waals surface area contributed by atoms with Crippen molar-refractivity contribution in [1.29, 1.82) is 0 Å². The van der Waals surface area contributed by atoms with Gasteiger partial charge in [0.2, 0.25) is 5.95 Å². The van der Waals surface area contributed by atoms with Crippen molar-refractivity contribution >= 4 is 28.4 Å². The van der Waals surface area contributed by atoms with Crippen LogP contribution in [-0.4, -0.2) is 55.4 Å². The number of aromatic nitrogens is 2. The quantitative estimate of drug-likeness (QED) is 0.720. The molecule has 6 nitrogen and oxygen atoms in total. The zero-order chi connectivity index (χ0) is 19.5. The summed E-state index contributed by atoms with van der Waals surface area (Å²) in [6.45, 7) is 5.44. The van der Waals surface area contributed by atoms with E-state index in [1.54, 1.807) is 0 Å². The standard InChI is InChI=1S/C23H27N5O/c1-2-7-18(8-3-1)27-12-14-28(15-13-27)23-25-21-11-5-4-10-20(21)22(26-23)24-17-19-9-6-16-29-19/h1-5,7-8,10-11,19H,6,9,12-17H2,(H,24,25,26)/t19-/m0/s1. The molecule has 1 N–H and O–H groups in total. The molecule has 0 amide bonds. The zero-order valence-electron chi connectivity index (χ0n) is 16.6. The maximum atomic E-state index is 5.77. The van der Waals surface area contributed by atoms with Crippen LogP contribution in [0.2, 0.25) is 0 Å². The molecule has 0 radical (unpaired) electrons. The number of fused-ring (bicyclic) bond motifs is 1. The van der Waals surface area contributed by atoms with Gasteiger partial charge in [-0.1, -0.05) is 30.3 Å². The van der Waals surface area contributed by atoms with Gasteiger partial charge in [-0.25, -0.2) is 4.98 Å². The van der Waals surface area contributed by atoms with E-state index in [4.69, 9.17) is 14.7 Å². The van der Waals surface area contributed by atoms with Crippen LogP contribution in [0.25, 0.3) is 10.9 Å². The van der Waals surface area contributed by atoms with E-state index in [0.717, 1.165) is 74.8 Å². The summed E-state index contributed by atoms with van der Waals surface area (Å²) in [7, 11) is 0. The SMILES string of the molecule is c1ccc(N2CCN(c3nc(NC[C@@H]4CCCO4)c4ccccc4n3)CC2)cc1. The van der Waals surface area contributed by atoms with E-state index >= 15 is 0 Å². The van der Waals surface area contributed by atoms with Crippen LogP contribution in [-0.2, 0) is 4.74 Å². The molecule has 150 valence electrons. The Bertz CT molecular complexity index is 950. The van der Waals surface area contributed by atoms with Crippen LogP contribution in [0.3, 0.4) is 0 Å². The second-order valence-electron chi connectivity index (χ2n) is 7.71. The highest BCUT2D eigenvalue weighted by Gasteiger charge is 2.21. The molecule has 1 atom stereocenters. The van der Waals surface area contributed by atoms with E-state index < -0.39 is 0 Å². The number of rotatable bonds is 5. The lowest BCUT2D eigenvalue weighted by molar-refractivity contribution is 0.120. The lowest BCUT2D eigenvalue weighted by Crippen LogP contribution is -2.47. The second kappa shape index (κ2) is 8.25. The normalized spacial score (nSPS) is 19.7. The summed E-state index contributed by atoms with van der Waals surface area (Å²) < 4.78 is 5.77. The molecule has 0 aliphatic carbocycles. The Morgan fingerprint density at radius 3 is 2.45 bits per heavy atom. The highest BCUT2D eigenvalue weighted by atomic mass is 16.5. The molecule has 5 rings (SSSR count). The van der Waals surface area contributed by atoms with Crippen molar-refractivity contribution in [3.05, 3.63) is 54.6 Å². The summed E-state index contributed by atoms with van der Waals surface area (Å²) in [6.07, 6.45) is 2.54. The average Bonchev–Trinajstić information content (AvgIpc) is 3.32. The van der Waals surface area contributed by atoms with Gasteiger partial charge >= 0.3 is 0 Å². The second-order valence-corrected chi connectivity index (χ2v) is 7.71. The molecule has 0 unspecified atom stereocenters. The van der Waals surface area contributed by atoms with Crippen LogP contribution in [0.5, 0.6) is 0 Å². The maximum Gasteiger partial charge on any atom is 0.228 e. The summed E-state index contributed by atoms with van der Waals surface area (Å²) in [6, 6.07) is 18.8. The molecule has 2 saturated heterocycles. The number of para-hydroxylation sites is 2. The molecule has 29 heavy (non-hydrogen) atoms. The minimum Gasteiger partial charge on any atom is -0.376 e. The van der Waals surface area contributed by atoms with Crippen LogP contribution in [0.1, 0.15) is 12.8 Å². The van der Waals surface area contributed by atoms with Crippen molar-refractivity contribution < 1.29 is 4.74 Å². The van der Waals surface area contributed by atoms with Crippen molar-refractivity contribution in [1.82, 2.24) is 9.97 Å². The lowest BCUT2D eigenvalue weighted by atomic mass is 10.2. The molecule has 2 aliphatic heterocycles. The minimum absolute atomic E-state index is 0.279. The molecule has 6 heteroatoms. The predicted molar refractivity (Wildman–Crippen MR) is 118 cm³/mol. The Morgan fingerprint density at radius 2 is 1.66 bits per heavy atom. The van der Waals surface area contributed by atoms with Crippen LogP contribution in [0.15, 0.2) is 54.6 Å². The first-order valence-electron chi connectivity index (χ1n) is 10.5. The smallest absolute Gasteiger partial charge is 0.228 e. The summed E-state index contributed by atoms with van der Waals surface area (Å²) in [5.74, 6) is 1.72. The van der Waals surface area contributed by atoms with Gasteiger partial charge < -0.3 is 19.9 Å². The van der Waals surface area contributed by atoms with Gasteiger partial charge in [-0.15, -0.1) is 0 Å². The van der Waals surface area contributed by atoms with E-state index in [1.807, 2.05) is 12.1 Å². The Hall–Kier alpha value is -2.86. The fourth-order valence-corrected chi connectivity index (χ4v) is 4.16. The van der Waals surface area contributed by atoms with Crippen LogP contribution >= 0.6 is 0 Å². The Morgan fingerprint density at radius 1 is 0.897 bits per heavy atom. The number of hydrogen-bond donors (Lipinski definition) is 1. The molecule has 0 saturated carbocycles. The van der Waals surface area contributed by atoms with Crippen LogP contribution in [0, 0.1) is 0 Å². The largest absolute Gasteiger partial charge is 0.376 e. The summed E-state index contributed by atoms with van der Waals surface area (Å²) in [4.78, 5) is 14.5. The van der Waals surface area contributed by atoms with Gasteiger partial charge in [-0.05, 0) is 37.1 Å². The number of piperazine rings is 1. The van der Waals surface area contributed by atoms with Gasteiger partial charge in [-0.2, -0.15) is 4.98 Å². The Kier molecular flexibility index (Phi) is 5.17. The molecule has 1 aromatic heterocycles. The van der Waals surface area contributed by atoms with E-state index in [1.165, 1.54) is 5.69 Å². The first-order chi connectivity index (χ1) is 14.4. The number of nitrogens with one attached hydrogen (secondary N) is 1. The van der Waals surface area contributed by atoms with Crippen molar-refractivity contribution in [3.8, 4) is 0 Å². The van der Waals surface area contributed by atoms with E-state index in [9.17, 15) is 0 Å². The fraction of sp³-hybridized carbons (Fsp3) is 0.391. The Labute approximate surface area is 171 Å². The third kappa shape index (κ3) is 3.98. The summed E-state index contributed by atoms with van der Waals surface area (Å²) >= 11 is 0. The van der Waals surface area contributed by atoms with E-state index in [-0.39, 0.29) is 6.10 Å². The van der Waals surface area contributed by atoms with Crippen LogP contribution < -0.4 is 15.1 Å². The van der Waals surface area contributed by atoms with Crippen LogP contribution in [0.4, 0.5) is 17.5 Å². The van der Waals surface area contributed by atoms with Gasteiger partial charge in [-0.3, -0.25) is 0 Å². The molecule has 3 heterocycles. The number of ether oxygens (including phenoxy) is 1. The molecule has 0 bridgehead atoms. The number of anilines is 3. The topological polar surface area (TPSA) is 53.5 Å². The average molecular weight is 390 g/mol. The van der Waals surface area contributed by atoms with Gasteiger partial charge in [0.05, 0.1) is 11.6 Å². The van der Waals surface area contributed by atoms with E-state index in [0.29, 0.717) is 0 Å². The molecule has 0 spiro atoms. The van der Waals surface area contributed by atoms with Crippen molar-refractivity contribution in [3.63, 3.8) is 0 Å². The molecule has 3 aromatic rings. The summed E-state index contributed by atoms with van der Waals surface area (Å²) in [5.41, 5.74) is 2.27. The fourth-order valence-electron chi connectivity index (χ4n) is 4.16. The highest BCUT2D eigenvalue weighted by molar-refractivity contribution is 5.90. The number of nitrogens with zero attached hydrogens (tertiary/aromatic N) is 4. The lowest BCUT2D eigenvalue weighted by Gasteiger charge is -2.36. The van der Waals surface area contributed by atoms with Gasteiger partial charge in [0.15, 0.2) is 0 Å². The van der Waals surface area contributed by atoms with Crippen molar-refractivity contribution in [2.75, 3.05) is 54.4 Å². The highest BCUT2D eigenvalue weighted by Crippen LogP contribution is 2.25. The zero-order valence-corrected chi connectivity index (χ0v) is 16.6. The van der Waals surface area contributed by atoms with Gasteiger partial charge in [0, 0.05) is 50.4 Å². The molecule has 2 aromatic carbocycles. The molecule has 2 fully saturated rings. The van der Waals surface area contributed by atoms with E-state index in [2.05, 4.69) is 57.6 Å². The Balaban J connectivity index is 1.34. The molecule has 2 aliphatic rings. The minimum atomic E-state index is 0.279. The molecular weight excluding hydrogens is 362 g/mol.